The van der Waals surface area contributed by atoms with Gasteiger partial charge in [-0.3, -0.25) is 9.59 Å². The van der Waals surface area contributed by atoms with Gasteiger partial charge >= 0.3 is 12.1 Å². The van der Waals surface area contributed by atoms with Gasteiger partial charge in [-0.05, 0) is 41.0 Å². The molecule has 2 aliphatic rings. The van der Waals surface area contributed by atoms with Crippen molar-refractivity contribution in [1.82, 2.24) is 10.6 Å². The summed E-state index contributed by atoms with van der Waals surface area (Å²) in [5.41, 5.74) is 4.60. The van der Waals surface area contributed by atoms with Gasteiger partial charge in [0.25, 0.3) is 0 Å². The molecule has 2 aromatic rings. The van der Waals surface area contributed by atoms with Crippen molar-refractivity contribution in [1.29, 1.82) is 0 Å². The molecule has 1 saturated carbocycles. The molecule has 0 bridgehead atoms. The highest BCUT2D eigenvalue weighted by Gasteiger charge is 2.35. The third-order valence-corrected chi connectivity index (χ3v) is 7.24. The van der Waals surface area contributed by atoms with Crippen LogP contribution < -0.4 is 10.6 Å². The summed E-state index contributed by atoms with van der Waals surface area (Å²) in [6.07, 6.45) is 2.21. The molecule has 1 atom stereocenters. The van der Waals surface area contributed by atoms with Crippen LogP contribution in [0.3, 0.4) is 0 Å². The zero-order valence-electron chi connectivity index (χ0n) is 18.3. The summed E-state index contributed by atoms with van der Waals surface area (Å²) in [5.74, 6) is -0.567. The number of rotatable bonds is 10. The summed E-state index contributed by atoms with van der Waals surface area (Å²) in [7, 11) is 0. The smallest absolute Gasteiger partial charge is 0.407 e. The minimum Gasteiger partial charge on any atom is -0.481 e. The van der Waals surface area contributed by atoms with Crippen LogP contribution >= 0.6 is 11.8 Å². The highest BCUT2D eigenvalue weighted by atomic mass is 32.2. The van der Waals surface area contributed by atoms with E-state index < -0.39 is 18.1 Å². The van der Waals surface area contributed by atoms with Gasteiger partial charge in [0.15, 0.2) is 0 Å². The van der Waals surface area contributed by atoms with Gasteiger partial charge in [-0.15, -0.1) is 11.8 Å². The molecule has 4 rings (SSSR count). The lowest BCUT2D eigenvalue weighted by atomic mass is 9.79. The number of thioether (sulfide) groups is 1. The van der Waals surface area contributed by atoms with Gasteiger partial charge in [-0.25, -0.2) is 4.79 Å². The normalized spacial score (nSPS) is 15.6. The lowest BCUT2D eigenvalue weighted by Crippen LogP contribution is -2.53. The predicted molar refractivity (Wildman–Crippen MR) is 127 cm³/mol. The summed E-state index contributed by atoms with van der Waals surface area (Å²) in [6, 6.07) is 15.6. The van der Waals surface area contributed by atoms with E-state index in [1.807, 2.05) is 24.3 Å². The Labute approximate surface area is 197 Å². The van der Waals surface area contributed by atoms with E-state index in [4.69, 9.17) is 9.84 Å². The number of aliphatic carboxylic acids is 1. The quantitative estimate of drug-likeness (QED) is 0.460. The molecule has 0 saturated heterocycles. The highest BCUT2D eigenvalue weighted by Crippen LogP contribution is 2.44. The highest BCUT2D eigenvalue weighted by molar-refractivity contribution is 7.99. The van der Waals surface area contributed by atoms with Gasteiger partial charge in [-0.1, -0.05) is 55.0 Å². The Morgan fingerprint density at radius 2 is 1.67 bits per heavy atom. The Morgan fingerprint density at radius 1 is 1.03 bits per heavy atom. The molecule has 2 aliphatic carbocycles. The molecule has 0 heterocycles. The number of carboxylic acid groups (broad SMARTS) is 1. The van der Waals surface area contributed by atoms with E-state index in [-0.39, 0.29) is 30.1 Å². The Bertz CT molecular complexity index is 978. The maximum atomic E-state index is 12.7. The first-order valence-electron chi connectivity index (χ1n) is 11.2. The third kappa shape index (κ3) is 5.50. The summed E-state index contributed by atoms with van der Waals surface area (Å²) in [5, 5.41) is 14.3. The van der Waals surface area contributed by atoms with Crippen LogP contribution in [0.4, 0.5) is 4.79 Å². The first kappa shape index (κ1) is 23.2. The Balaban J connectivity index is 1.33. The van der Waals surface area contributed by atoms with Crippen molar-refractivity contribution < 1.29 is 24.2 Å². The van der Waals surface area contributed by atoms with Gasteiger partial charge in [0.2, 0.25) is 5.91 Å². The van der Waals surface area contributed by atoms with Crippen molar-refractivity contribution in [3.63, 3.8) is 0 Å². The summed E-state index contributed by atoms with van der Waals surface area (Å²) in [4.78, 5) is 35.9. The zero-order valence-corrected chi connectivity index (χ0v) is 19.1. The maximum Gasteiger partial charge on any atom is 0.407 e. The number of benzene rings is 2. The lowest BCUT2D eigenvalue weighted by Gasteiger charge is -2.33. The Kier molecular flexibility index (Phi) is 7.54. The summed E-state index contributed by atoms with van der Waals surface area (Å²) >= 11 is 1.24. The third-order valence-electron chi connectivity index (χ3n) is 6.29. The van der Waals surface area contributed by atoms with Crippen LogP contribution in [0.15, 0.2) is 48.5 Å². The first-order chi connectivity index (χ1) is 16.0. The van der Waals surface area contributed by atoms with E-state index in [0.717, 1.165) is 41.5 Å². The minimum atomic E-state index is -0.879. The average molecular weight is 469 g/mol. The molecule has 2 aromatic carbocycles. The van der Waals surface area contributed by atoms with Gasteiger partial charge in [0, 0.05) is 18.2 Å². The van der Waals surface area contributed by atoms with E-state index in [9.17, 15) is 14.4 Å². The molecule has 0 aliphatic heterocycles. The molecular weight excluding hydrogens is 440 g/mol. The van der Waals surface area contributed by atoms with Crippen LogP contribution in [0.2, 0.25) is 0 Å². The molecule has 174 valence electrons. The van der Waals surface area contributed by atoms with Crippen LogP contribution in [0.25, 0.3) is 11.1 Å². The summed E-state index contributed by atoms with van der Waals surface area (Å²) < 4.78 is 5.61. The monoisotopic (exact) mass is 468 g/mol. The van der Waals surface area contributed by atoms with E-state index >= 15 is 0 Å². The minimum absolute atomic E-state index is 0.0000756. The summed E-state index contributed by atoms with van der Waals surface area (Å²) in [6.45, 7) is 0.553. The average Bonchev–Trinajstić information content (AvgIpc) is 3.09. The standard InChI is InChI=1S/C25H28N2O5S/c28-22(29)15-33-13-12-26-24(30)23(16-6-5-7-16)27-25(31)32-14-21-19-10-3-1-8-17(19)18-9-2-4-11-20(18)21/h1-4,8-11,16,21,23H,5-7,12-15H2,(H,26,30)(H,27,31)(H,28,29). The van der Waals surface area contributed by atoms with Crippen molar-refractivity contribution >= 4 is 29.7 Å². The van der Waals surface area contributed by atoms with Gasteiger partial charge < -0.3 is 20.5 Å². The molecule has 7 nitrogen and oxygen atoms in total. The fourth-order valence-corrected chi connectivity index (χ4v) is 5.02. The van der Waals surface area contributed by atoms with Crippen molar-refractivity contribution in [2.45, 2.75) is 31.2 Å². The second-order valence-electron chi connectivity index (χ2n) is 8.38. The topological polar surface area (TPSA) is 105 Å². The van der Waals surface area contributed by atoms with Crippen molar-refractivity contribution in [2.24, 2.45) is 5.92 Å². The van der Waals surface area contributed by atoms with Gasteiger partial charge in [0.05, 0.1) is 5.75 Å². The molecular formula is C25H28N2O5S. The van der Waals surface area contributed by atoms with Crippen molar-refractivity contribution in [2.75, 3.05) is 24.7 Å². The number of hydrogen-bond donors (Lipinski definition) is 3. The van der Waals surface area contributed by atoms with E-state index in [0.29, 0.717) is 12.3 Å². The molecule has 2 amide bonds. The first-order valence-corrected chi connectivity index (χ1v) is 12.4. The lowest BCUT2D eigenvalue weighted by molar-refractivity contribution is -0.134. The molecule has 1 fully saturated rings. The van der Waals surface area contributed by atoms with Crippen molar-refractivity contribution in [3.8, 4) is 11.1 Å². The van der Waals surface area contributed by atoms with Crippen LogP contribution in [-0.2, 0) is 14.3 Å². The van der Waals surface area contributed by atoms with Crippen LogP contribution in [0.5, 0.6) is 0 Å². The van der Waals surface area contributed by atoms with E-state index in [1.165, 1.54) is 11.8 Å². The predicted octanol–water partition coefficient (Wildman–Crippen LogP) is 3.63. The molecule has 1 unspecified atom stereocenters. The van der Waals surface area contributed by atoms with Gasteiger partial charge in [-0.2, -0.15) is 0 Å². The number of carbonyl (C=O) groups excluding carboxylic acids is 2. The number of nitrogens with one attached hydrogen (secondary N) is 2. The van der Waals surface area contributed by atoms with E-state index in [2.05, 4.69) is 34.9 Å². The maximum absolute atomic E-state index is 12.7. The molecule has 33 heavy (non-hydrogen) atoms. The number of carboxylic acids is 1. The zero-order chi connectivity index (χ0) is 23.2. The second-order valence-corrected chi connectivity index (χ2v) is 9.48. The SMILES string of the molecule is O=C(O)CSCCNC(=O)C(NC(=O)OCC1c2ccccc2-c2ccccc21)C1CCC1. The van der Waals surface area contributed by atoms with Crippen molar-refractivity contribution in [3.05, 3.63) is 59.7 Å². The second kappa shape index (κ2) is 10.7. The number of carbonyl (C=O) groups is 3. The van der Waals surface area contributed by atoms with E-state index in [1.54, 1.807) is 0 Å². The molecule has 0 radical (unpaired) electrons. The molecule has 0 spiro atoms. The van der Waals surface area contributed by atoms with Gasteiger partial charge in [0.1, 0.15) is 12.6 Å². The fourth-order valence-electron chi connectivity index (χ4n) is 4.45. The number of fused-ring (bicyclic) bond motifs is 3. The number of alkyl carbamates (subject to hydrolysis) is 1. The Morgan fingerprint density at radius 3 is 2.24 bits per heavy atom. The molecule has 8 heteroatoms. The van der Waals surface area contributed by atoms with Crippen LogP contribution in [0.1, 0.15) is 36.3 Å². The molecule has 0 aromatic heterocycles. The number of hydrogen-bond acceptors (Lipinski definition) is 5. The molecule has 3 N–H and O–H groups in total. The largest absolute Gasteiger partial charge is 0.481 e. The Hall–Kier alpha value is -3.00. The fraction of sp³-hybridized carbons (Fsp3) is 0.400. The van der Waals surface area contributed by atoms with Crippen LogP contribution in [0, 0.1) is 5.92 Å². The van der Waals surface area contributed by atoms with Crippen LogP contribution in [-0.4, -0.2) is 53.8 Å². The number of ether oxygens (including phenoxy) is 1. The number of amides is 2.